The van der Waals surface area contributed by atoms with Gasteiger partial charge in [0, 0.05) is 22.1 Å². The molecule has 4 nitrogen and oxygen atoms in total. The molecule has 6 heteroatoms. The summed E-state index contributed by atoms with van der Waals surface area (Å²) in [7, 11) is 1.35. The Morgan fingerprint density at radius 1 is 1.04 bits per heavy atom. The van der Waals surface area contributed by atoms with Crippen LogP contribution in [0.1, 0.15) is 31.2 Å². The van der Waals surface area contributed by atoms with E-state index in [0.29, 0.717) is 17.7 Å². The van der Waals surface area contributed by atoms with Crippen LogP contribution in [0.25, 0.3) is 0 Å². The van der Waals surface area contributed by atoms with Gasteiger partial charge in [0.1, 0.15) is 0 Å². The van der Waals surface area contributed by atoms with Gasteiger partial charge in [-0.2, -0.15) is 0 Å². The zero-order chi connectivity index (χ0) is 19.1. The fourth-order valence-electron chi connectivity index (χ4n) is 2.48. The molecular formula is C21H19NO3S2. The number of thiophene rings is 1. The number of esters is 1. The van der Waals surface area contributed by atoms with Gasteiger partial charge in [-0.3, -0.25) is 4.79 Å². The molecule has 138 valence electrons. The Morgan fingerprint density at radius 2 is 1.81 bits per heavy atom. The van der Waals surface area contributed by atoms with Crippen LogP contribution in [0.3, 0.4) is 0 Å². The van der Waals surface area contributed by atoms with Gasteiger partial charge in [0.15, 0.2) is 0 Å². The molecule has 0 atom stereocenters. The minimum absolute atomic E-state index is 0.110. The van der Waals surface area contributed by atoms with Gasteiger partial charge >= 0.3 is 5.97 Å². The first kappa shape index (κ1) is 19.2. The van der Waals surface area contributed by atoms with Crippen LogP contribution >= 0.6 is 23.1 Å². The first-order valence-electron chi connectivity index (χ1n) is 8.37. The van der Waals surface area contributed by atoms with Crippen LogP contribution in [0, 0.1) is 0 Å². The Kier molecular flexibility index (Phi) is 6.68. The molecule has 0 radical (unpaired) electrons. The molecule has 0 aliphatic heterocycles. The third-order valence-corrected chi connectivity index (χ3v) is 6.09. The van der Waals surface area contributed by atoms with Gasteiger partial charge < -0.3 is 10.1 Å². The molecule has 0 bridgehead atoms. The van der Waals surface area contributed by atoms with Crippen LogP contribution in [-0.4, -0.2) is 19.0 Å². The molecule has 2 aromatic carbocycles. The fraction of sp³-hybridized carbons (Fsp3) is 0.143. The molecule has 0 saturated carbocycles. The van der Waals surface area contributed by atoms with Crippen LogP contribution in [0.4, 0.5) is 0 Å². The highest BCUT2D eigenvalue weighted by molar-refractivity contribution is 7.98. The summed E-state index contributed by atoms with van der Waals surface area (Å²) in [5.74, 6) is 0.361. The van der Waals surface area contributed by atoms with Gasteiger partial charge in [0.2, 0.25) is 0 Å². The Morgan fingerprint density at radius 3 is 2.52 bits per heavy atom. The predicted octanol–water partition coefficient (Wildman–Crippen LogP) is 4.76. The largest absolute Gasteiger partial charge is 0.465 e. The number of carbonyl (C=O) groups excluding carboxylic acids is 2. The van der Waals surface area contributed by atoms with Crippen molar-refractivity contribution in [3.63, 3.8) is 0 Å². The molecule has 27 heavy (non-hydrogen) atoms. The molecule has 0 aliphatic carbocycles. The van der Waals surface area contributed by atoms with E-state index in [1.165, 1.54) is 12.0 Å². The summed E-state index contributed by atoms with van der Waals surface area (Å²) < 4.78 is 4.68. The third-order valence-electron chi connectivity index (χ3n) is 3.91. The lowest BCUT2D eigenvalue weighted by molar-refractivity contribution is 0.0600. The van der Waals surface area contributed by atoms with Crippen molar-refractivity contribution >= 4 is 35.0 Å². The van der Waals surface area contributed by atoms with E-state index in [-0.39, 0.29) is 11.9 Å². The number of amides is 1. The Hall–Kier alpha value is -2.57. The van der Waals surface area contributed by atoms with Gasteiger partial charge in [-0.25, -0.2) is 4.79 Å². The second kappa shape index (κ2) is 9.39. The summed E-state index contributed by atoms with van der Waals surface area (Å²) in [5, 5.41) is 5.00. The molecule has 3 rings (SSSR count). The van der Waals surface area contributed by atoms with Crippen molar-refractivity contribution in [1.82, 2.24) is 5.32 Å². The van der Waals surface area contributed by atoms with E-state index in [1.54, 1.807) is 35.2 Å². The molecule has 3 aromatic rings. The highest BCUT2D eigenvalue weighted by Crippen LogP contribution is 2.28. The van der Waals surface area contributed by atoms with Crippen molar-refractivity contribution in [3.8, 4) is 0 Å². The van der Waals surface area contributed by atoms with E-state index in [2.05, 4.69) is 21.5 Å². The van der Waals surface area contributed by atoms with Crippen LogP contribution < -0.4 is 5.32 Å². The third kappa shape index (κ3) is 5.21. The van der Waals surface area contributed by atoms with E-state index in [0.717, 1.165) is 16.2 Å². The average Bonchev–Trinajstić information content (AvgIpc) is 3.24. The first-order valence-corrected chi connectivity index (χ1v) is 10.2. The number of benzene rings is 2. The second-order valence-corrected chi connectivity index (χ2v) is 7.78. The van der Waals surface area contributed by atoms with Gasteiger partial charge in [-0.1, -0.05) is 30.3 Å². The summed E-state index contributed by atoms with van der Waals surface area (Å²) in [5.41, 5.74) is 2.08. The Balaban J connectivity index is 1.61. The van der Waals surface area contributed by atoms with E-state index in [9.17, 15) is 9.59 Å². The topological polar surface area (TPSA) is 55.4 Å². The van der Waals surface area contributed by atoms with Gasteiger partial charge in [-0.05, 0) is 41.3 Å². The van der Waals surface area contributed by atoms with Crippen molar-refractivity contribution in [1.29, 1.82) is 0 Å². The van der Waals surface area contributed by atoms with Crippen LogP contribution in [0.15, 0.2) is 70.9 Å². The van der Waals surface area contributed by atoms with Crippen molar-refractivity contribution in [2.45, 2.75) is 17.2 Å². The Labute approximate surface area is 166 Å². The monoisotopic (exact) mass is 397 g/mol. The summed E-state index contributed by atoms with van der Waals surface area (Å²) in [4.78, 5) is 26.3. The quantitative estimate of drug-likeness (QED) is 0.461. The van der Waals surface area contributed by atoms with E-state index in [1.807, 2.05) is 42.5 Å². The molecule has 0 aliphatic rings. The minimum Gasteiger partial charge on any atom is -0.465 e. The lowest BCUT2D eigenvalue weighted by Crippen LogP contribution is -2.23. The zero-order valence-electron chi connectivity index (χ0n) is 14.8. The fourth-order valence-corrected chi connectivity index (χ4v) is 4.30. The number of hydrogen-bond donors (Lipinski definition) is 1. The molecule has 0 unspecified atom stereocenters. The molecule has 0 saturated heterocycles. The van der Waals surface area contributed by atoms with Crippen LogP contribution in [0.2, 0.25) is 0 Å². The summed E-state index contributed by atoms with van der Waals surface area (Å²) in [6.45, 7) is 0.393. The number of rotatable bonds is 7. The van der Waals surface area contributed by atoms with E-state index < -0.39 is 0 Å². The molecular weight excluding hydrogens is 378 g/mol. The molecule has 0 fully saturated rings. The standard InChI is InChI=1S/C21H19NO3S2/c1-25-21(24)16-10-8-15(9-11-16)13-22-20(23)18-6-2-3-7-19(18)27-14-17-5-4-12-26-17/h2-12H,13-14H2,1H3,(H,22,23). The summed E-state index contributed by atoms with van der Waals surface area (Å²) in [6.07, 6.45) is 0. The highest BCUT2D eigenvalue weighted by atomic mass is 32.2. The maximum atomic E-state index is 12.6. The maximum Gasteiger partial charge on any atom is 0.337 e. The maximum absolute atomic E-state index is 12.6. The summed E-state index contributed by atoms with van der Waals surface area (Å²) >= 11 is 3.38. The second-order valence-electron chi connectivity index (χ2n) is 5.74. The minimum atomic E-state index is -0.373. The van der Waals surface area contributed by atoms with Crippen molar-refractivity contribution in [2.24, 2.45) is 0 Å². The number of methoxy groups -OCH3 is 1. The lowest BCUT2D eigenvalue weighted by atomic mass is 10.1. The van der Waals surface area contributed by atoms with Gasteiger partial charge in [0.25, 0.3) is 5.91 Å². The Bertz CT molecular complexity index is 905. The first-order chi connectivity index (χ1) is 13.2. The van der Waals surface area contributed by atoms with E-state index in [4.69, 9.17) is 0 Å². The van der Waals surface area contributed by atoms with Crippen molar-refractivity contribution in [3.05, 3.63) is 87.6 Å². The average molecular weight is 398 g/mol. The summed E-state index contributed by atoms with van der Waals surface area (Å²) in [6, 6.07) is 18.8. The lowest BCUT2D eigenvalue weighted by Gasteiger charge is -2.10. The van der Waals surface area contributed by atoms with Crippen molar-refractivity contribution < 1.29 is 14.3 Å². The smallest absolute Gasteiger partial charge is 0.337 e. The number of hydrogen-bond acceptors (Lipinski definition) is 5. The van der Waals surface area contributed by atoms with Crippen LogP contribution in [-0.2, 0) is 17.0 Å². The highest BCUT2D eigenvalue weighted by Gasteiger charge is 2.12. The number of carbonyl (C=O) groups is 2. The molecule has 1 N–H and O–H groups in total. The van der Waals surface area contributed by atoms with E-state index >= 15 is 0 Å². The number of thioether (sulfide) groups is 1. The van der Waals surface area contributed by atoms with Crippen molar-refractivity contribution in [2.75, 3.05) is 7.11 Å². The van der Waals surface area contributed by atoms with Gasteiger partial charge in [0.05, 0.1) is 18.2 Å². The number of nitrogens with one attached hydrogen (secondary N) is 1. The zero-order valence-corrected chi connectivity index (χ0v) is 16.4. The predicted molar refractivity (Wildman–Crippen MR) is 109 cm³/mol. The molecule has 1 heterocycles. The SMILES string of the molecule is COC(=O)c1ccc(CNC(=O)c2ccccc2SCc2cccs2)cc1. The van der Waals surface area contributed by atoms with Crippen LogP contribution in [0.5, 0.6) is 0 Å². The van der Waals surface area contributed by atoms with Gasteiger partial charge in [-0.15, -0.1) is 23.1 Å². The molecule has 1 amide bonds. The molecule has 0 spiro atoms. The number of ether oxygens (including phenoxy) is 1. The molecule has 1 aromatic heterocycles. The normalized spacial score (nSPS) is 10.4.